The number of nitrogens with zero attached hydrogens (tertiary/aromatic N) is 4. The number of hydrogen-bond acceptors (Lipinski definition) is 6. The highest BCUT2D eigenvalue weighted by Crippen LogP contribution is 2.36. The number of para-hydroxylation sites is 1. The van der Waals surface area contributed by atoms with Crippen LogP contribution in [-0.2, 0) is 12.0 Å². The minimum atomic E-state index is -0.571. The van der Waals surface area contributed by atoms with Crippen molar-refractivity contribution >= 4 is 45.9 Å². The van der Waals surface area contributed by atoms with Crippen molar-refractivity contribution in [2.75, 3.05) is 18.4 Å². The minimum Gasteiger partial charge on any atom is -0.324 e. The number of likely N-dealkylation sites (N-methyl/N-ethyl adjacent to an activating group) is 1. The molecule has 5 rings (SSSR count). The first-order valence-electron chi connectivity index (χ1n) is 11.4. The number of fused-ring (bicyclic) bond motifs is 2. The average molecular weight is 510 g/mol. The van der Waals surface area contributed by atoms with Crippen LogP contribution in [0.15, 0.2) is 47.4 Å². The molecule has 1 aliphatic rings. The number of aromatic nitrogens is 4. The third kappa shape index (κ3) is 4.01. The van der Waals surface area contributed by atoms with Gasteiger partial charge in [-0.2, -0.15) is 4.98 Å². The fourth-order valence-electron chi connectivity index (χ4n) is 4.87. The first-order valence-corrected chi connectivity index (χ1v) is 12.1. The standard InChI is InChI=1S/C25H25Cl2N7O/c1-4-33-11-10-14-12-15(8-9-17(14)25(33,2)3)30-23-29-13-16-21(28)34(24(35)32-22(16)31-23)20-18(26)6-5-7-19(20)27/h5-9,12-13,28H,4,10-11H2,1-3H3,(H2,29,30,31,32,35). The Morgan fingerprint density at radius 3 is 2.66 bits per heavy atom. The van der Waals surface area contributed by atoms with E-state index in [4.69, 9.17) is 28.6 Å². The van der Waals surface area contributed by atoms with Gasteiger partial charge in [-0.05, 0) is 62.2 Å². The Bertz CT molecular complexity index is 1550. The van der Waals surface area contributed by atoms with Gasteiger partial charge in [-0.1, -0.05) is 42.3 Å². The van der Waals surface area contributed by atoms with Gasteiger partial charge in [0, 0.05) is 24.0 Å². The van der Waals surface area contributed by atoms with Crippen LogP contribution in [-0.4, -0.2) is 37.5 Å². The van der Waals surface area contributed by atoms with Crippen LogP contribution in [0.5, 0.6) is 0 Å². The molecule has 0 saturated carbocycles. The summed E-state index contributed by atoms with van der Waals surface area (Å²) in [5, 5.41) is 12.7. The van der Waals surface area contributed by atoms with Crippen molar-refractivity contribution in [1.82, 2.24) is 24.4 Å². The van der Waals surface area contributed by atoms with Gasteiger partial charge in [0.1, 0.15) is 5.49 Å². The average Bonchev–Trinajstić information content (AvgIpc) is 2.80. The summed E-state index contributed by atoms with van der Waals surface area (Å²) in [7, 11) is 0. The molecule has 35 heavy (non-hydrogen) atoms. The zero-order valence-corrected chi connectivity index (χ0v) is 21.1. The van der Waals surface area contributed by atoms with Gasteiger partial charge >= 0.3 is 5.69 Å². The van der Waals surface area contributed by atoms with E-state index in [-0.39, 0.29) is 32.4 Å². The van der Waals surface area contributed by atoms with E-state index in [1.807, 2.05) is 6.07 Å². The quantitative estimate of drug-likeness (QED) is 0.368. The molecule has 0 spiro atoms. The largest absolute Gasteiger partial charge is 0.333 e. The maximum absolute atomic E-state index is 12.9. The maximum Gasteiger partial charge on any atom is 0.333 e. The lowest BCUT2D eigenvalue weighted by Crippen LogP contribution is -2.46. The molecule has 0 bridgehead atoms. The van der Waals surface area contributed by atoms with Crippen LogP contribution in [0, 0.1) is 5.41 Å². The topological polar surface area (TPSA) is 103 Å². The van der Waals surface area contributed by atoms with Gasteiger partial charge in [0.2, 0.25) is 5.95 Å². The SMILES string of the molecule is CCN1CCc2cc(Nc3ncc4c(=N)n(-c5c(Cl)cccc5Cl)c(=O)[nH]c4n3)ccc2C1(C)C. The Morgan fingerprint density at radius 2 is 1.94 bits per heavy atom. The maximum atomic E-state index is 12.9. The Hall–Kier alpha value is -3.20. The number of halogens is 2. The molecule has 4 aromatic rings. The third-order valence-corrected chi connectivity index (χ3v) is 7.31. The predicted octanol–water partition coefficient (Wildman–Crippen LogP) is 4.75. The lowest BCUT2D eigenvalue weighted by atomic mass is 9.83. The summed E-state index contributed by atoms with van der Waals surface area (Å²) >= 11 is 12.5. The fourth-order valence-corrected chi connectivity index (χ4v) is 5.44. The molecule has 2 aromatic heterocycles. The normalized spacial score (nSPS) is 15.2. The summed E-state index contributed by atoms with van der Waals surface area (Å²) < 4.78 is 1.12. The predicted molar refractivity (Wildman–Crippen MR) is 139 cm³/mol. The van der Waals surface area contributed by atoms with E-state index in [0.29, 0.717) is 11.3 Å². The van der Waals surface area contributed by atoms with Crippen molar-refractivity contribution in [3.05, 3.63) is 79.7 Å². The van der Waals surface area contributed by atoms with Gasteiger partial charge in [-0.15, -0.1) is 0 Å². The zero-order valence-electron chi connectivity index (χ0n) is 19.6. The lowest BCUT2D eigenvalue weighted by molar-refractivity contribution is 0.115. The highest BCUT2D eigenvalue weighted by Gasteiger charge is 2.33. The molecule has 180 valence electrons. The summed E-state index contributed by atoms with van der Waals surface area (Å²) in [5.74, 6) is 0.325. The van der Waals surface area contributed by atoms with Gasteiger partial charge in [-0.25, -0.2) is 14.3 Å². The van der Waals surface area contributed by atoms with E-state index in [2.05, 4.69) is 58.1 Å². The van der Waals surface area contributed by atoms with E-state index >= 15 is 0 Å². The second kappa shape index (κ2) is 8.78. The number of anilines is 2. The molecule has 0 saturated heterocycles. The van der Waals surface area contributed by atoms with Crippen LogP contribution in [0.25, 0.3) is 16.7 Å². The lowest BCUT2D eigenvalue weighted by Gasteiger charge is -2.43. The molecular formula is C25H25Cl2N7O. The van der Waals surface area contributed by atoms with Crippen molar-refractivity contribution in [2.24, 2.45) is 0 Å². The number of aromatic amines is 1. The summed E-state index contributed by atoms with van der Waals surface area (Å²) in [6, 6.07) is 11.2. The van der Waals surface area contributed by atoms with Crippen LogP contribution in [0.1, 0.15) is 31.9 Å². The van der Waals surface area contributed by atoms with E-state index in [0.717, 1.165) is 29.8 Å². The summed E-state index contributed by atoms with van der Waals surface area (Å²) in [6.45, 7) is 8.72. The molecule has 0 radical (unpaired) electrons. The second-order valence-electron chi connectivity index (χ2n) is 9.03. The van der Waals surface area contributed by atoms with Crippen LogP contribution in [0.4, 0.5) is 11.6 Å². The van der Waals surface area contributed by atoms with Gasteiger partial charge in [0.25, 0.3) is 0 Å². The number of benzene rings is 2. The second-order valence-corrected chi connectivity index (χ2v) is 9.84. The Balaban J connectivity index is 1.51. The van der Waals surface area contributed by atoms with Gasteiger partial charge in [0.05, 0.1) is 21.1 Å². The van der Waals surface area contributed by atoms with E-state index in [9.17, 15) is 4.79 Å². The van der Waals surface area contributed by atoms with Crippen molar-refractivity contribution in [3.63, 3.8) is 0 Å². The van der Waals surface area contributed by atoms with Crippen LogP contribution in [0.2, 0.25) is 10.0 Å². The molecule has 0 fully saturated rings. The molecule has 0 amide bonds. The molecular weight excluding hydrogens is 485 g/mol. The van der Waals surface area contributed by atoms with Crippen LogP contribution in [0.3, 0.4) is 0 Å². The summed E-state index contributed by atoms with van der Waals surface area (Å²) in [5.41, 5.74) is 3.27. The van der Waals surface area contributed by atoms with Gasteiger partial charge in [0.15, 0.2) is 5.65 Å². The molecule has 3 heterocycles. The molecule has 10 heteroatoms. The molecule has 0 unspecified atom stereocenters. The number of H-pyrrole nitrogens is 1. The highest BCUT2D eigenvalue weighted by molar-refractivity contribution is 6.37. The molecule has 1 aliphatic heterocycles. The molecule has 2 aromatic carbocycles. The van der Waals surface area contributed by atoms with Crippen LogP contribution < -0.4 is 16.5 Å². The smallest absolute Gasteiger partial charge is 0.324 e. The summed E-state index contributed by atoms with van der Waals surface area (Å²) in [6.07, 6.45) is 2.48. The highest BCUT2D eigenvalue weighted by atomic mass is 35.5. The number of nitrogens with one attached hydrogen (secondary N) is 3. The van der Waals surface area contributed by atoms with Crippen molar-refractivity contribution in [2.45, 2.75) is 32.7 Å². The fraction of sp³-hybridized carbons (Fsp3) is 0.280. The molecule has 0 aliphatic carbocycles. The van der Waals surface area contributed by atoms with E-state index < -0.39 is 5.69 Å². The number of hydrogen-bond donors (Lipinski definition) is 3. The Morgan fingerprint density at radius 1 is 1.20 bits per heavy atom. The molecule has 3 N–H and O–H groups in total. The number of rotatable bonds is 4. The van der Waals surface area contributed by atoms with Crippen molar-refractivity contribution in [3.8, 4) is 5.69 Å². The van der Waals surface area contributed by atoms with Crippen LogP contribution >= 0.6 is 23.2 Å². The van der Waals surface area contributed by atoms with Crippen molar-refractivity contribution < 1.29 is 0 Å². The van der Waals surface area contributed by atoms with E-state index in [1.165, 1.54) is 17.3 Å². The third-order valence-electron chi connectivity index (χ3n) is 6.70. The minimum absolute atomic E-state index is 0.0236. The van der Waals surface area contributed by atoms with Gasteiger partial charge < -0.3 is 5.32 Å². The van der Waals surface area contributed by atoms with Crippen molar-refractivity contribution in [1.29, 1.82) is 5.41 Å². The Labute approximate surface area is 212 Å². The molecule has 0 atom stereocenters. The Kier molecular flexibility index (Phi) is 5.91. The first-order chi connectivity index (χ1) is 16.7. The van der Waals surface area contributed by atoms with E-state index in [1.54, 1.807) is 18.2 Å². The zero-order chi connectivity index (χ0) is 24.9. The monoisotopic (exact) mass is 509 g/mol. The first kappa shape index (κ1) is 23.5. The molecule has 8 nitrogen and oxygen atoms in total. The van der Waals surface area contributed by atoms with Gasteiger partial charge in [-0.3, -0.25) is 15.3 Å². The summed E-state index contributed by atoms with van der Waals surface area (Å²) in [4.78, 5) is 26.9.